The summed E-state index contributed by atoms with van der Waals surface area (Å²) in [7, 11) is 3.00. The second-order valence-corrected chi connectivity index (χ2v) is 9.90. The van der Waals surface area contributed by atoms with Crippen molar-refractivity contribution < 1.29 is 34.0 Å². The molecule has 0 saturated heterocycles. The fourth-order valence-corrected chi connectivity index (χ4v) is 4.59. The SMILES string of the molecule is COC1C=CC=C(C)C(=O)Nc2cc(N)c(O)c(c2)CC(C)CC(OC)C(O)C(C)C=C(C)C1OC(N)=O. The number of nitrogen functional groups attached to an aromatic ring is 1. The monoisotopic (exact) mass is 531 g/mol. The number of rotatable bonds is 3. The van der Waals surface area contributed by atoms with Crippen LogP contribution in [-0.2, 0) is 25.4 Å². The van der Waals surface area contributed by atoms with E-state index in [0.717, 1.165) is 0 Å². The average molecular weight is 532 g/mol. The van der Waals surface area contributed by atoms with E-state index in [1.807, 2.05) is 13.8 Å². The molecule has 0 radical (unpaired) electrons. The summed E-state index contributed by atoms with van der Waals surface area (Å²) in [4.78, 5) is 24.5. The summed E-state index contributed by atoms with van der Waals surface area (Å²) < 4.78 is 16.5. The van der Waals surface area contributed by atoms with Crippen molar-refractivity contribution in [2.75, 3.05) is 25.3 Å². The van der Waals surface area contributed by atoms with Gasteiger partial charge in [-0.25, -0.2) is 4.79 Å². The van der Waals surface area contributed by atoms with Crippen LogP contribution in [0.4, 0.5) is 16.2 Å². The molecule has 1 aliphatic rings. The standard InChI is InChI=1S/C28H41N3O7/c1-15-10-19-13-20(14-21(29)25(19)33)31-27(34)16(2)8-7-9-22(36-5)26(38-28(30)35)18(4)12-17(3)24(32)23(11-15)37-6/h7-9,12-15,17,22-24,26,32-33H,10-11,29H2,1-6H3,(H2,30,35)(H,31,34). The maximum Gasteiger partial charge on any atom is 0.405 e. The highest BCUT2D eigenvalue weighted by molar-refractivity contribution is 6.03. The van der Waals surface area contributed by atoms with Crippen LogP contribution in [0.2, 0.25) is 0 Å². The Hall–Kier alpha value is -3.34. The van der Waals surface area contributed by atoms with Gasteiger partial charge >= 0.3 is 6.09 Å². The number of ether oxygens (including phenoxy) is 3. The van der Waals surface area contributed by atoms with Gasteiger partial charge in [0.2, 0.25) is 0 Å². The quantitative estimate of drug-likeness (QED) is 0.171. The topological polar surface area (TPSA) is 166 Å². The van der Waals surface area contributed by atoms with E-state index < -0.39 is 30.5 Å². The van der Waals surface area contributed by atoms with Crippen molar-refractivity contribution >= 4 is 23.4 Å². The fraction of sp³-hybridized carbons (Fsp3) is 0.500. The minimum atomic E-state index is -0.969. The van der Waals surface area contributed by atoms with Crippen LogP contribution in [0.25, 0.3) is 0 Å². The van der Waals surface area contributed by atoms with Gasteiger partial charge in [0.1, 0.15) is 11.9 Å². The Bertz CT molecular complexity index is 1080. The van der Waals surface area contributed by atoms with E-state index >= 15 is 0 Å². The van der Waals surface area contributed by atoms with Gasteiger partial charge in [-0.15, -0.1) is 0 Å². The van der Waals surface area contributed by atoms with Crippen LogP contribution in [-0.4, -0.2) is 60.8 Å². The van der Waals surface area contributed by atoms with Crippen LogP contribution >= 0.6 is 0 Å². The van der Waals surface area contributed by atoms with Crippen molar-refractivity contribution in [3.63, 3.8) is 0 Å². The number of phenols is 1. The van der Waals surface area contributed by atoms with Gasteiger partial charge in [-0.3, -0.25) is 4.79 Å². The molecule has 38 heavy (non-hydrogen) atoms. The van der Waals surface area contributed by atoms with Gasteiger partial charge in [-0.05, 0) is 55.9 Å². The van der Waals surface area contributed by atoms with E-state index in [4.69, 9.17) is 25.7 Å². The van der Waals surface area contributed by atoms with Crippen molar-refractivity contribution in [2.24, 2.45) is 17.6 Å². The Morgan fingerprint density at radius 1 is 1.16 bits per heavy atom. The number of nitrogens with two attached hydrogens (primary N) is 2. The van der Waals surface area contributed by atoms with Crippen LogP contribution in [0.3, 0.4) is 0 Å². The molecular weight excluding hydrogens is 490 g/mol. The molecule has 1 aromatic rings. The number of carbonyl (C=O) groups excluding carboxylic acids is 2. The summed E-state index contributed by atoms with van der Waals surface area (Å²) in [6.45, 7) is 7.23. The maximum absolute atomic E-state index is 12.8. The number of aromatic hydroxyl groups is 1. The molecular formula is C28H41N3O7. The Kier molecular flexibility index (Phi) is 11.4. The second kappa shape index (κ2) is 14.0. The molecule has 0 aliphatic carbocycles. The zero-order valence-electron chi connectivity index (χ0n) is 22.9. The number of amides is 2. The molecule has 10 nitrogen and oxygen atoms in total. The highest BCUT2D eigenvalue weighted by Gasteiger charge is 2.29. The zero-order chi connectivity index (χ0) is 28.6. The molecule has 2 bridgehead atoms. The van der Waals surface area contributed by atoms with Gasteiger partial charge in [0, 0.05) is 31.4 Å². The predicted molar refractivity (Wildman–Crippen MR) is 147 cm³/mol. The Morgan fingerprint density at radius 3 is 2.45 bits per heavy atom. The minimum Gasteiger partial charge on any atom is -0.506 e. The summed E-state index contributed by atoms with van der Waals surface area (Å²) in [6, 6.07) is 3.19. The van der Waals surface area contributed by atoms with Gasteiger partial charge in [0.25, 0.3) is 5.91 Å². The lowest BCUT2D eigenvalue weighted by molar-refractivity contribution is -0.112. The largest absolute Gasteiger partial charge is 0.506 e. The summed E-state index contributed by atoms with van der Waals surface area (Å²) in [5, 5.41) is 24.5. The number of benzene rings is 1. The van der Waals surface area contributed by atoms with Crippen LogP contribution in [0.5, 0.6) is 5.75 Å². The minimum absolute atomic E-state index is 0.0140. The number of hydrogen-bond donors (Lipinski definition) is 5. The number of nitrogens with one attached hydrogen (secondary N) is 1. The lowest BCUT2D eigenvalue weighted by Crippen LogP contribution is -2.37. The van der Waals surface area contributed by atoms with E-state index in [1.54, 1.807) is 44.2 Å². The summed E-state index contributed by atoms with van der Waals surface area (Å²) >= 11 is 0. The first-order valence-corrected chi connectivity index (χ1v) is 12.5. The molecule has 1 aromatic carbocycles. The molecule has 0 aromatic heterocycles. The fourth-order valence-electron chi connectivity index (χ4n) is 4.59. The van der Waals surface area contributed by atoms with Crippen molar-refractivity contribution in [3.8, 4) is 5.75 Å². The number of phenolic OH excluding ortho intramolecular Hbond substituents is 1. The summed E-state index contributed by atoms with van der Waals surface area (Å²) in [5.74, 6) is -0.780. The number of primary amides is 1. The first-order valence-electron chi connectivity index (χ1n) is 12.5. The van der Waals surface area contributed by atoms with Gasteiger partial charge < -0.3 is 41.2 Å². The Labute approximate surface area is 224 Å². The summed E-state index contributed by atoms with van der Waals surface area (Å²) in [6.07, 6.45) is 3.65. The molecule has 10 heteroatoms. The van der Waals surface area contributed by atoms with Gasteiger partial charge in [-0.1, -0.05) is 38.2 Å². The van der Waals surface area contributed by atoms with E-state index in [2.05, 4.69) is 5.32 Å². The zero-order valence-corrected chi connectivity index (χ0v) is 22.9. The number of anilines is 2. The average Bonchev–Trinajstić information content (AvgIpc) is 2.85. The van der Waals surface area contributed by atoms with Crippen LogP contribution in [0.15, 0.2) is 47.6 Å². The molecule has 2 amide bonds. The molecule has 0 saturated carbocycles. The molecule has 7 N–H and O–H groups in total. The number of aliphatic hydroxyl groups is 1. The molecule has 1 heterocycles. The highest BCUT2D eigenvalue weighted by Crippen LogP contribution is 2.33. The number of methoxy groups -OCH3 is 2. The molecule has 6 atom stereocenters. The normalized spacial score (nSPS) is 27.7. The first-order chi connectivity index (χ1) is 17.9. The number of carbonyl (C=O) groups is 2. The van der Waals surface area contributed by atoms with E-state index in [1.165, 1.54) is 20.3 Å². The lowest BCUT2D eigenvalue weighted by atomic mass is 9.88. The smallest absolute Gasteiger partial charge is 0.405 e. The lowest BCUT2D eigenvalue weighted by Gasteiger charge is -2.29. The molecule has 0 fully saturated rings. The van der Waals surface area contributed by atoms with Crippen molar-refractivity contribution in [3.05, 3.63) is 53.1 Å². The molecule has 210 valence electrons. The van der Waals surface area contributed by atoms with Crippen molar-refractivity contribution in [1.82, 2.24) is 0 Å². The number of allylic oxidation sites excluding steroid dienone is 2. The maximum atomic E-state index is 12.8. The molecule has 6 unspecified atom stereocenters. The first kappa shape index (κ1) is 30.9. The van der Waals surface area contributed by atoms with Crippen LogP contribution in [0.1, 0.15) is 39.7 Å². The second-order valence-electron chi connectivity index (χ2n) is 9.90. The van der Waals surface area contributed by atoms with Crippen LogP contribution in [0, 0.1) is 11.8 Å². The third-order valence-corrected chi connectivity index (χ3v) is 6.70. The van der Waals surface area contributed by atoms with Gasteiger partial charge in [0.05, 0.1) is 17.9 Å². The van der Waals surface area contributed by atoms with Crippen molar-refractivity contribution in [1.29, 1.82) is 0 Å². The Morgan fingerprint density at radius 2 is 1.84 bits per heavy atom. The number of hydrogen-bond acceptors (Lipinski definition) is 8. The van der Waals surface area contributed by atoms with E-state index in [0.29, 0.717) is 35.2 Å². The molecule has 1 aliphatic heterocycles. The van der Waals surface area contributed by atoms with Gasteiger partial charge in [0.15, 0.2) is 6.10 Å². The Balaban J connectivity index is 2.57. The third kappa shape index (κ3) is 8.34. The van der Waals surface area contributed by atoms with Crippen LogP contribution < -0.4 is 16.8 Å². The number of fused-ring (bicyclic) bond motifs is 2. The highest BCUT2D eigenvalue weighted by atomic mass is 16.6. The molecule has 0 spiro atoms. The van der Waals surface area contributed by atoms with E-state index in [-0.39, 0.29) is 29.2 Å². The third-order valence-electron chi connectivity index (χ3n) is 6.70. The van der Waals surface area contributed by atoms with Gasteiger partial charge in [-0.2, -0.15) is 0 Å². The van der Waals surface area contributed by atoms with E-state index in [9.17, 15) is 19.8 Å². The summed E-state index contributed by atoms with van der Waals surface area (Å²) in [5.41, 5.74) is 13.6. The predicted octanol–water partition coefficient (Wildman–Crippen LogP) is 3.43. The number of aliphatic hydroxyl groups excluding tert-OH is 1. The molecule has 2 rings (SSSR count). The van der Waals surface area contributed by atoms with Crippen molar-refractivity contribution in [2.45, 2.75) is 65.0 Å².